The summed E-state index contributed by atoms with van der Waals surface area (Å²) in [4.78, 5) is 4.42. The molecule has 0 aromatic carbocycles. The highest BCUT2D eigenvalue weighted by atomic mass is 32.2. The molecular weight excluding hydrogens is 286 g/mol. The van der Waals surface area contributed by atoms with Crippen LogP contribution in [0.4, 0.5) is 0 Å². The molecule has 0 aliphatic carbocycles. The number of piperidine rings is 1. The zero-order valence-corrected chi connectivity index (χ0v) is 13.7. The Labute approximate surface area is 127 Å². The van der Waals surface area contributed by atoms with Gasteiger partial charge >= 0.3 is 0 Å². The average molecular weight is 311 g/mol. The van der Waals surface area contributed by atoms with Crippen molar-refractivity contribution in [3.05, 3.63) is 29.6 Å². The fraction of sp³-hybridized carbons (Fsp3) is 0.667. The van der Waals surface area contributed by atoms with E-state index in [9.17, 15) is 8.42 Å². The highest BCUT2D eigenvalue weighted by Gasteiger charge is 2.25. The van der Waals surface area contributed by atoms with Crippen molar-refractivity contribution in [3.63, 3.8) is 0 Å². The van der Waals surface area contributed by atoms with Crippen LogP contribution < -0.4 is 5.32 Å². The molecule has 1 fully saturated rings. The average Bonchev–Trinajstić information content (AvgIpc) is 2.47. The van der Waals surface area contributed by atoms with Crippen LogP contribution in [0.3, 0.4) is 0 Å². The first-order valence-electron chi connectivity index (χ1n) is 7.59. The van der Waals surface area contributed by atoms with Gasteiger partial charge < -0.3 is 5.32 Å². The lowest BCUT2D eigenvalue weighted by molar-refractivity contribution is 0.261. The van der Waals surface area contributed by atoms with Crippen molar-refractivity contribution in [3.8, 4) is 0 Å². The Bertz CT molecular complexity index is 560. The second kappa shape index (κ2) is 7.33. The summed E-state index contributed by atoms with van der Waals surface area (Å²) >= 11 is 0. The molecule has 2 heterocycles. The van der Waals surface area contributed by atoms with E-state index in [4.69, 9.17) is 0 Å². The molecule has 2 rings (SSSR count). The van der Waals surface area contributed by atoms with Crippen LogP contribution in [-0.2, 0) is 23.0 Å². The lowest BCUT2D eigenvalue weighted by atomic mass is 9.99. The van der Waals surface area contributed by atoms with E-state index in [0.29, 0.717) is 19.0 Å². The van der Waals surface area contributed by atoms with Crippen LogP contribution in [0.5, 0.6) is 0 Å². The van der Waals surface area contributed by atoms with E-state index in [1.54, 1.807) is 4.31 Å². The molecule has 0 amide bonds. The van der Waals surface area contributed by atoms with Crippen LogP contribution in [-0.4, -0.2) is 43.6 Å². The van der Waals surface area contributed by atoms with Crippen molar-refractivity contribution in [2.24, 2.45) is 5.92 Å². The van der Waals surface area contributed by atoms with Gasteiger partial charge in [-0.3, -0.25) is 4.98 Å². The van der Waals surface area contributed by atoms with E-state index in [0.717, 1.165) is 38.0 Å². The molecule has 6 heteroatoms. The minimum atomic E-state index is -3.05. The summed E-state index contributed by atoms with van der Waals surface area (Å²) in [6.07, 6.45) is 6.13. The highest BCUT2D eigenvalue weighted by molar-refractivity contribution is 7.88. The summed E-state index contributed by atoms with van der Waals surface area (Å²) in [6, 6.07) is 4.07. The van der Waals surface area contributed by atoms with Crippen LogP contribution in [0.15, 0.2) is 18.3 Å². The van der Waals surface area contributed by atoms with E-state index in [2.05, 4.69) is 23.3 Å². The molecule has 1 aliphatic rings. The molecule has 1 N–H and O–H groups in total. The molecule has 1 aliphatic heterocycles. The van der Waals surface area contributed by atoms with Crippen molar-refractivity contribution in [1.29, 1.82) is 0 Å². The minimum absolute atomic E-state index is 0.391. The quantitative estimate of drug-likeness (QED) is 0.863. The first-order chi connectivity index (χ1) is 10.0. The highest BCUT2D eigenvalue weighted by Crippen LogP contribution is 2.18. The molecular formula is C15H25N3O2S. The predicted octanol–water partition coefficient (Wildman–Crippen LogP) is 1.41. The molecule has 0 bridgehead atoms. The molecule has 0 radical (unpaired) electrons. The zero-order chi connectivity index (χ0) is 15.3. The van der Waals surface area contributed by atoms with Crippen molar-refractivity contribution >= 4 is 10.0 Å². The summed E-state index contributed by atoms with van der Waals surface area (Å²) in [5.41, 5.74) is 2.36. The second-order valence-corrected chi connectivity index (χ2v) is 7.71. The maximum Gasteiger partial charge on any atom is 0.211 e. The summed E-state index contributed by atoms with van der Waals surface area (Å²) in [5, 5.41) is 3.43. The molecule has 0 saturated carbocycles. The number of aryl methyl sites for hydroxylation is 1. The number of sulfonamides is 1. The third-order valence-electron chi connectivity index (χ3n) is 4.04. The normalized spacial score (nSPS) is 20.6. The molecule has 118 valence electrons. The van der Waals surface area contributed by atoms with Gasteiger partial charge in [0.15, 0.2) is 0 Å². The van der Waals surface area contributed by atoms with Crippen LogP contribution in [0.1, 0.15) is 31.0 Å². The molecule has 1 saturated heterocycles. The number of nitrogens with zero attached hydrogens (tertiary/aromatic N) is 2. The fourth-order valence-electron chi connectivity index (χ4n) is 2.84. The van der Waals surface area contributed by atoms with Gasteiger partial charge in [-0.25, -0.2) is 12.7 Å². The van der Waals surface area contributed by atoms with Crippen LogP contribution in [0.25, 0.3) is 0 Å². The summed E-state index contributed by atoms with van der Waals surface area (Å²) in [5.74, 6) is 0.391. The Morgan fingerprint density at radius 1 is 1.48 bits per heavy atom. The van der Waals surface area contributed by atoms with Crippen molar-refractivity contribution in [2.45, 2.75) is 32.7 Å². The van der Waals surface area contributed by atoms with E-state index in [1.165, 1.54) is 11.8 Å². The number of rotatable bonds is 6. The Kier molecular flexibility index (Phi) is 5.72. The largest absolute Gasteiger partial charge is 0.311 e. The van der Waals surface area contributed by atoms with Gasteiger partial charge in [0.25, 0.3) is 0 Å². The number of hydrogen-bond acceptors (Lipinski definition) is 4. The van der Waals surface area contributed by atoms with Crippen LogP contribution in [0.2, 0.25) is 0 Å². The van der Waals surface area contributed by atoms with Gasteiger partial charge in [0, 0.05) is 25.8 Å². The first-order valence-corrected chi connectivity index (χ1v) is 9.44. The summed E-state index contributed by atoms with van der Waals surface area (Å²) in [7, 11) is -3.05. The van der Waals surface area contributed by atoms with Crippen molar-refractivity contribution in [2.75, 3.05) is 25.9 Å². The Hall–Kier alpha value is -0.980. The van der Waals surface area contributed by atoms with Gasteiger partial charge in [-0.05, 0) is 43.4 Å². The third kappa shape index (κ3) is 4.76. The van der Waals surface area contributed by atoms with Gasteiger partial charge in [-0.1, -0.05) is 13.0 Å². The van der Waals surface area contributed by atoms with E-state index >= 15 is 0 Å². The minimum Gasteiger partial charge on any atom is -0.311 e. The van der Waals surface area contributed by atoms with E-state index < -0.39 is 10.0 Å². The molecule has 1 unspecified atom stereocenters. The Morgan fingerprint density at radius 2 is 2.29 bits per heavy atom. The van der Waals surface area contributed by atoms with E-state index in [1.807, 2.05) is 12.3 Å². The standard InChI is InChI=1S/C15H25N3O2S/c1-3-14-7-4-8-17-15(14)11-16-10-13-6-5-9-18(12-13)21(2,19)20/h4,7-8,13,16H,3,5-6,9-12H2,1-2H3. The maximum absolute atomic E-state index is 11.6. The van der Waals surface area contributed by atoms with Gasteiger partial charge in [-0.2, -0.15) is 0 Å². The number of hydrogen-bond donors (Lipinski definition) is 1. The topological polar surface area (TPSA) is 62.3 Å². The SMILES string of the molecule is CCc1cccnc1CNCC1CCCN(S(C)(=O)=O)C1. The fourth-order valence-corrected chi connectivity index (χ4v) is 3.78. The number of nitrogens with one attached hydrogen (secondary N) is 1. The summed E-state index contributed by atoms with van der Waals surface area (Å²) in [6.45, 7) is 5.01. The summed E-state index contributed by atoms with van der Waals surface area (Å²) < 4.78 is 24.8. The monoisotopic (exact) mass is 311 g/mol. The van der Waals surface area contributed by atoms with Gasteiger partial charge in [0.2, 0.25) is 10.0 Å². The molecule has 1 aromatic heterocycles. The van der Waals surface area contributed by atoms with Crippen molar-refractivity contribution < 1.29 is 8.42 Å². The molecule has 1 aromatic rings. The first kappa shape index (κ1) is 16.4. The van der Waals surface area contributed by atoms with Gasteiger partial charge in [-0.15, -0.1) is 0 Å². The lowest BCUT2D eigenvalue weighted by Gasteiger charge is -2.31. The van der Waals surface area contributed by atoms with Crippen LogP contribution in [0, 0.1) is 5.92 Å². The molecule has 5 nitrogen and oxygen atoms in total. The molecule has 0 spiro atoms. The Balaban J connectivity index is 1.83. The molecule has 1 atom stereocenters. The molecule has 21 heavy (non-hydrogen) atoms. The Morgan fingerprint density at radius 3 is 3.00 bits per heavy atom. The van der Waals surface area contributed by atoms with Crippen LogP contribution >= 0.6 is 0 Å². The smallest absolute Gasteiger partial charge is 0.211 e. The van der Waals surface area contributed by atoms with E-state index in [-0.39, 0.29) is 0 Å². The predicted molar refractivity (Wildman–Crippen MR) is 84.5 cm³/mol. The number of pyridine rings is 1. The van der Waals surface area contributed by atoms with Crippen molar-refractivity contribution in [1.82, 2.24) is 14.6 Å². The third-order valence-corrected chi connectivity index (χ3v) is 5.31. The van der Waals surface area contributed by atoms with Gasteiger partial charge in [0.1, 0.15) is 0 Å². The van der Waals surface area contributed by atoms with Gasteiger partial charge in [0.05, 0.1) is 11.9 Å². The second-order valence-electron chi connectivity index (χ2n) is 5.72. The maximum atomic E-state index is 11.6. The zero-order valence-electron chi connectivity index (χ0n) is 12.9. The number of aromatic nitrogens is 1. The lowest BCUT2D eigenvalue weighted by Crippen LogP contribution is -2.42.